The molecule has 0 aromatic heterocycles. The van der Waals surface area contributed by atoms with Crippen LogP contribution in [0.15, 0.2) is 23.0 Å². The van der Waals surface area contributed by atoms with Crippen LogP contribution in [-0.2, 0) is 14.3 Å². The van der Waals surface area contributed by atoms with Crippen molar-refractivity contribution < 1.29 is 19.4 Å². The third kappa shape index (κ3) is 8.19. The van der Waals surface area contributed by atoms with Crippen molar-refractivity contribution in [3.05, 3.63) is 23.0 Å². The summed E-state index contributed by atoms with van der Waals surface area (Å²) in [6.07, 6.45) is 7.49. The third-order valence-corrected chi connectivity index (χ3v) is 2.84. The molecule has 0 heterocycles. The number of hydrogen-bond acceptors (Lipinski definition) is 3. The highest BCUT2D eigenvalue weighted by Gasteiger charge is 2.09. The van der Waals surface area contributed by atoms with E-state index < -0.39 is 5.97 Å². The van der Waals surface area contributed by atoms with E-state index in [-0.39, 0.29) is 6.42 Å². The molecule has 0 aromatic carbocycles. The predicted octanol–water partition coefficient (Wildman–Crippen LogP) is 3.82. The zero-order valence-corrected chi connectivity index (χ0v) is 12.1. The summed E-state index contributed by atoms with van der Waals surface area (Å²) in [4.78, 5) is 21.2. The summed E-state index contributed by atoms with van der Waals surface area (Å²) in [7, 11) is 0. The van der Waals surface area contributed by atoms with Gasteiger partial charge in [0.15, 0.2) is 0 Å². The first-order valence-electron chi connectivity index (χ1n) is 6.71. The van der Waals surface area contributed by atoms with Crippen LogP contribution < -0.4 is 0 Å². The first kappa shape index (κ1) is 17.4. The lowest BCUT2D eigenvalue weighted by molar-refractivity contribution is -0.136. The molecule has 0 unspecified atom stereocenters. The molecule has 0 amide bonds. The van der Waals surface area contributed by atoms with E-state index in [9.17, 15) is 9.59 Å². The van der Waals surface area contributed by atoms with Crippen molar-refractivity contribution in [2.75, 3.05) is 0 Å². The molecule has 1 N–H and O–H groups in total. The van der Waals surface area contributed by atoms with Crippen molar-refractivity contribution in [2.24, 2.45) is 0 Å². The van der Waals surface area contributed by atoms with Gasteiger partial charge < -0.3 is 9.84 Å². The minimum Gasteiger partial charge on any atom is -0.481 e. The molecule has 0 saturated carbocycles. The van der Waals surface area contributed by atoms with Crippen LogP contribution in [0, 0.1) is 0 Å². The van der Waals surface area contributed by atoms with Crippen LogP contribution >= 0.6 is 0 Å². The first-order chi connectivity index (χ1) is 9.02. The second-order valence-electron chi connectivity index (χ2n) is 4.63. The van der Waals surface area contributed by atoms with Crippen LogP contribution in [0.5, 0.6) is 0 Å². The average molecular weight is 268 g/mol. The lowest BCUT2D eigenvalue weighted by atomic mass is 10.1. The van der Waals surface area contributed by atoms with Gasteiger partial charge in [0.05, 0.1) is 6.42 Å². The van der Waals surface area contributed by atoms with E-state index in [4.69, 9.17) is 9.84 Å². The van der Waals surface area contributed by atoms with Gasteiger partial charge in [-0.05, 0) is 37.8 Å². The number of allylic oxidation sites excluding steroid dienone is 2. The highest BCUT2D eigenvalue weighted by atomic mass is 16.5. The summed E-state index contributed by atoms with van der Waals surface area (Å²) < 4.78 is 4.91. The topological polar surface area (TPSA) is 63.6 Å². The molecular weight excluding hydrogens is 244 g/mol. The second-order valence-corrected chi connectivity index (χ2v) is 4.63. The zero-order valence-electron chi connectivity index (χ0n) is 12.1. The fourth-order valence-corrected chi connectivity index (χ4v) is 1.87. The minimum atomic E-state index is -0.930. The molecule has 108 valence electrons. The number of hydrogen-bond donors (Lipinski definition) is 1. The van der Waals surface area contributed by atoms with Crippen LogP contribution in [0.2, 0.25) is 0 Å². The average Bonchev–Trinajstić information content (AvgIpc) is 2.34. The van der Waals surface area contributed by atoms with E-state index in [1.54, 1.807) is 6.92 Å². The fraction of sp³-hybridized carbons (Fsp3) is 0.600. The van der Waals surface area contributed by atoms with E-state index in [1.165, 1.54) is 19.3 Å². The largest absolute Gasteiger partial charge is 0.481 e. The second kappa shape index (κ2) is 10.4. The molecule has 0 radical (unpaired) electrons. The molecule has 0 aromatic rings. The van der Waals surface area contributed by atoms with Gasteiger partial charge in [-0.2, -0.15) is 0 Å². The Bertz CT molecular complexity index is 353. The van der Waals surface area contributed by atoms with Crippen molar-refractivity contribution >= 4 is 12.4 Å². The number of aliphatic carboxylic acids is 1. The normalized spacial score (nSPS) is 12.9. The lowest BCUT2D eigenvalue weighted by Gasteiger charge is -2.09. The SMILES string of the molecule is CCCCCC/C=C(C)\C(OC=O)=C(/C)CC(=O)O. The van der Waals surface area contributed by atoms with Crippen molar-refractivity contribution in [1.29, 1.82) is 0 Å². The Morgan fingerprint density at radius 2 is 1.89 bits per heavy atom. The van der Waals surface area contributed by atoms with Gasteiger partial charge >= 0.3 is 5.97 Å². The Kier molecular flexibility index (Phi) is 9.49. The summed E-state index contributed by atoms with van der Waals surface area (Å²) in [5, 5.41) is 8.76. The van der Waals surface area contributed by atoms with E-state index >= 15 is 0 Å². The molecule has 0 aliphatic carbocycles. The predicted molar refractivity (Wildman–Crippen MR) is 74.6 cm³/mol. The summed E-state index contributed by atoms with van der Waals surface area (Å²) in [6, 6.07) is 0. The number of carboxylic acid groups (broad SMARTS) is 1. The third-order valence-electron chi connectivity index (χ3n) is 2.84. The number of rotatable bonds is 10. The molecule has 0 atom stereocenters. The Balaban J connectivity index is 4.63. The van der Waals surface area contributed by atoms with Crippen LogP contribution in [0.3, 0.4) is 0 Å². The van der Waals surface area contributed by atoms with Crippen molar-refractivity contribution in [2.45, 2.75) is 59.3 Å². The number of carbonyl (C=O) groups excluding carboxylic acids is 1. The quantitative estimate of drug-likeness (QED) is 0.283. The molecule has 4 heteroatoms. The lowest BCUT2D eigenvalue weighted by Crippen LogP contribution is -2.02. The smallest absolute Gasteiger partial charge is 0.307 e. The van der Waals surface area contributed by atoms with Gasteiger partial charge in [0, 0.05) is 0 Å². The Labute approximate surface area is 115 Å². The number of carbonyl (C=O) groups is 2. The van der Waals surface area contributed by atoms with Crippen LogP contribution in [0.4, 0.5) is 0 Å². The van der Waals surface area contributed by atoms with E-state index in [1.807, 2.05) is 13.0 Å². The summed E-state index contributed by atoms with van der Waals surface area (Å²) >= 11 is 0. The van der Waals surface area contributed by atoms with Crippen LogP contribution in [-0.4, -0.2) is 17.5 Å². The molecular formula is C15H24O4. The maximum atomic E-state index is 10.7. The Hall–Kier alpha value is -1.58. The van der Waals surface area contributed by atoms with Gasteiger partial charge in [0.2, 0.25) is 0 Å². The van der Waals surface area contributed by atoms with Gasteiger partial charge in [0.1, 0.15) is 5.76 Å². The molecule has 4 nitrogen and oxygen atoms in total. The van der Waals surface area contributed by atoms with Gasteiger partial charge in [-0.1, -0.05) is 32.3 Å². The first-order valence-corrected chi connectivity index (χ1v) is 6.71. The summed E-state index contributed by atoms with van der Waals surface area (Å²) in [5.41, 5.74) is 1.38. The van der Waals surface area contributed by atoms with Crippen LogP contribution in [0.25, 0.3) is 0 Å². The van der Waals surface area contributed by atoms with Crippen molar-refractivity contribution in [1.82, 2.24) is 0 Å². The maximum absolute atomic E-state index is 10.7. The standard InChI is InChI=1S/C15H24O4/c1-4-5-6-7-8-9-12(2)15(19-11-16)13(3)10-14(17)18/h9,11H,4-8,10H2,1-3H3,(H,17,18)/b12-9-,15-13-. The number of ether oxygens (including phenoxy) is 1. The molecule has 0 rings (SSSR count). The molecule has 19 heavy (non-hydrogen) atoms. The van der Waals surface area contributed by atoms with Gasteiger partial charge in [-0.15, -0.1) is 0 Å². The molecule has 0 saturated heterocycles. The summed E-state index contributed by atoms with van der Waals surface area (Å²) in [6.45, 7) is 6.01. The fourth-order valence-electron chi connectivity index (χ4n) is 1.87. The molecule has 0 aliphatic rings. The highest BCUT2D eigenvalue weighted by Crippen LogP contribution is 2.19. The van der Waals surface area contributed by atoms with Crippen molar-refractivity contribution in [3.8, 4) is 0 Å². The van der Waals surface area contributed by atoms with Gasteiger partial charge in [0.25, 0.3) is 6.47 Å². The summed E-state index contributed by atoms with van der Waals surface area (Å²) in [5.74, 6) is -0.548. The van der Waals surface area contributed by atoms with E-state index in [0.717, 1.165) is 18.4 Å². The Morgan fingerprint density at radius 3 is 2.42 bits per heavy atom. The van der Waals surface area contributed by atoms with E-state index in [2.05, 4.69) is 6.92 Å². The van der Waals surface area contributed by atoms with Crippen molar-refractivity contribution in [3.63, 3.8) is 0 Å². The molecule has 0 fully saturated rings. The van der Waals surface area contributed by atoms with Gasteiger partial charge in [-0.3, -0.25) is 9.59 Å². The van der Waals surface area contributed by atoms with E-state index in [0.29, 0.717) is 17.8 Å². The molecule has 0 bridgehead atoms. The maximum Gasteiger partial charge on any atom is 0.307 e. The monoisotopic (exact) mass is 268 g/mol. The molecule has 0 spiro atoms. The van der Waals surface area contributed by atoms with Gasteiger partial charge in [-0.25, -0.2) is 0 Å². The number of unbranched alkanes of at least 4 members (excludes halogenated alkanes) is 4. The molecule has 0 aliphatic heterocycles. The Morgan fingerprint density at radius 1 is 1.21 bits per heavy atom. The highest BCUT2D eigenvalue weighted by molar-refractivity contribution is 5.70. The zero-order chi connectivity index (χ0) is 14.7. The van der Waals surface area contributed by atoms with Crippen LogP contribution in [0.1, 0.15) is 59.3 Å². The minimum absolute atomic E-state index is 0.121. The number of carboxylic acids is 1.